The molecule has 0 aromatic heterocycles. The standard InChI is InChI=1S/C11H9N3O3/c12-5-7(15)4-10(16)6-1-2-8-9(3-6)14-11(17)13-8/h1-3H,4-5,12H2. The first-order chi connectivity index (χ1) is 8.10. The van der Waals surface area contributed by atoms with Crippen LogP contribution in [0.2, 0.25) is 0 Å². The fraction of sp³-hybridized carbons (Fsp3) is 0.182. The highest BCUT2D eigenvalue weighted by Crippen LogP contribution is 2.00. The maximum absolute atomic E-state index is 11.7. The normalized spacial score (nSPS) is 12.6. The van der Waals surface area contributed by atoms with E-state index in [-0.39, 0.29) is 24.5 Å². The number of fused-ring (bicyclic) bond motifs is 1. The van der Waals surface area contributed by atoms with Crippen molar-refractivity contribution in [3.05, 3.63) is 34.5 Å². The molecule has 0 unspecified atom stereocenters. The molecule has 1 aromatic carbocycles. The quantitative estimate of drug-likeness (QED) is 0.539. The number of rotatable bonds is 4. The van der Waals surface area contributed by atoms with Gasteiger partial charge in [-0.15, -0.1) is 0 Å². The van der Waals surface area contributed by atoms with Gasteiger partial charge in [0, 0.05) is 5.56 Å². The van der Waals surface area contributed by atoms with Crippen molar-refractivity contribution in [1.82, 2.24) is 0 Å². The van der Waals surface area contributed by atoms with Crippen molar-refractivity contribution in [3.63, 3.8) is 0 Å². The number of urea groups is 1. The smallest absolute Gasteiger partial charge is 0.324 e. The average Bonchev–Trinajstić information content (AvgIpc) is 2.67. The lowest BCUT2D eigenvalue weighted by Crippen LogP contribution is -2.24. The Morgan fingerprint density at radius 1 is 1.18 bits per heavy atom. The van der Waals surface area contributed by atoms with Crippen LogP contribution < -0.4 is 16.4 Å². The van der Waals surface area contributed by atoms with E-state index in [0.717, 1.165) is 0 Å². The number of benzene rings is 1. The predicted molar refractivity (Wildman–Crippen MR) is 57.2 cm³/mol. The van der Waals surface area contributed by atoms with Crippen molar-refractivity contribution in [2.45, 2.75) is 6.42 Å². The van der Waals surface area contributed by atoms with Crippen LogP contribution in [0.1, 0.15) is 16.8 Å². The van der Waals surface area contributed by atoms with Crippen LogP contribution >= 0.6 is 0 Å². The summed E-state index contributed by atoms with van der Waals surface area (Å²) in [6.45, 7) is -0.158. The molecule has 1 aliphatic heterocycles. The summed E-state index contributed by atoms with van der Waals surface area (Å²) in [6, 6.07) is 3.92. The number of amides is 2. The van der Waals surface area contributed by atoms with Gasteiger partial charge in [0.2, 0.25) is 0 Å². The molecule has 1 aromatic rings. The van der Waals surface area contributed by atoms with E-state index >= 15 is 0 Å². The zero-order chi connectivity index (χ0) is 12.4. The molecule has 0 radical (unpaired) electrons. The van der Waals surface area contributed by atoms with E-state index in [9.17, 15) is 14.4 Å². The highest BCUT2D eigenvalue weighted by atomic mass is 16.2. The monoisotopic (exact) mass is 231 g/mol. The van der Waals surface area contributed by atoms with Gasteiger partial charge in [0.25, 0.3) is 0 Å². The van der Waals surface area contributed by atoms with Crippen molar-refractivity contribution >= 4 is 17.6 Å². The Balaban J connectivity index is 2.32. The highest BCUT2D eigenvalue weighted by molar-refractivity contribution is 6.08. The molecule has 6 nitrogen and oxygen atoms in total. The van der Waals surface area contributed by atoms with Gasteiger partial charge in [0.15, 0.2) is 11.6 Å². The van der Waals surface area contributed by atoms with E-state index in [2.05, 4.69) is 9.98 Å². The van der Waals surface area contributed by atoms with Crippen LogP contribution in [0.15, 0.2) is 28.2 Å². The third-order valence-electron chi connectivity index (χ3n) is 2.31. The molecule has 0 saturated carbocycles. The lowest BCUT2D eigenvalue weighted by molar-refractivity contribution is -0.116. The Morgan fingerprint density at radius 3 is 2.59 bits per heavy atom. The van der Waals surface area contributed by atoms with Gasteiger partial charge in [-0.3, -0.25) is 9.59 Å². The minimum Gasteiger partial charge on any atom is -0.324 e. The maximum atomic E-state index is 11.7. The van der Waals surface area contributed by atoms with Crippen molar-refractivity contribution in [2.24, 2.45) is 15.7 Å². The number of hydrogen-bond acceptors (Lipinski definition) is 4. The Bertz CT molecular complexity index is 634. The van der Waals surface area contributed by atoms with Gasteiger partial charge >= 0.3 is 6.03 Å². The highest BCUT2D eigenvalue weighted by Gasteiger charge is 2.12. The van der Waals surface area contributed by atoms with E-state index in [1.807, 2.05) is 0 Å². The number of nitrogens with two attached hydrogens (primary N) is 1. The minimum atomic E-state index is -0.581. The second-order valence-corrected chi connectivity index (χ2v) is 3.55. The SMILES string of the molecule is NCC(=O)CC(=O)c1ccc2c(c1)=NC(=O)N=2. The molecule has 2 rings (SSSR count). The summed E-state index contributed by atoms with van der Waals surface area (Å²) in [5.41, 5.74) is 5.46. The Morgan fingerprint density at radius 2 is 1.88 bits per heavy atom. The molecule has 0 aliphatic carbocycles. The molecule has 1 aliphatic rings. The summed E-state index contributed by atoms with van der Waals surface area (Å²) in [7, 11) is 0. The van der Waals surface area contributed by atoms with Crippen molar-refractivity contribution in [2.75, 3.05) is 6.54 Å². The van der Waals surface area contributed by atoms with E-state index in [4.69, 9.17) is 5.73 Å². The van der Waals surface area contributed by atoms with E-state index in [1.165, 1.54) is 18.2 Å². The van der Waals surface area contributed by atoms with Gasteiger partial charge in [0.05, 0.1) is 23.7 Å². The summed E-state index contributed by atoms with van der Waals surface area (Å²) in [4.78, 5) is 40.9. The molecule has 17 heavy (non-hydrogen) atoms. The van der Waals surface area contributed by atoms with Gasteiger partial charge < -0.3 is 5.73 Å². The molecule has 0 fully saturated rings. The fourth-order valence-corrected chi connectivity index (χ4v) is 1.47. The molecule has 0 bridgehead atoms. The van der Waals surface area contributed by atoms with Crippen LogP contribution in [0.25, 0.3) is 0 Å². The maximum Gasteiger partial charge on any atom is 0.368 e. The lowest BCUT2D eigenvalue weighted by Gasteiger charge is -1.98. The second-order valence-electron chi connectivity index (χ2n) is 3.55. The number of carbonyl (C=O) groups is 3. The van der Waals surface area contributed by atoms with E-state index in [0.29, 0.717) is 16.3 Å². The average molecular weight is 231 g/mol. The first-order valence-electron chi connectivity index (χ1n) is 4.96. The van der Waals surface area contributed by atoms with Crippen molar-refractivity contribution in [1.29, 1.82) is 0 Å². The molecule has 86 valence electrons. The molecular weight excluding hydrogens is 222 g/mol. The van der Waals surface area contributed by atoms with E-state index in [1.54, 1.807) is 0 Å². The second kappa shape index (κ2) is 4.34. The first kappa shape index (κ1) is 11.3. The largest absolute Gasteiger partial charge is 0.368 e. The van der Waals surface area contributed by atoms with Crippen LogP contribution in [0.5, 0.6) is 0 Å². The number of hydrogen-bond donors (Lipinski definition) is 1. The Kier molecular flexibility index (Phi) is 2.88. The van der Waals surface area contributed by atoms with Gasteiger partial charge in [-0.05, 0) is 18.2 Å². The van der Waals surface area contributed by atoms with Crippen LogP contribution in [0.4, 0.5) is 4.79 Å². The first-order valence-corrected chi connectivity index (χ1v) is 4.96. The summed E-state index contributed by atoms with van der Waals surface area (Å²) in [5.74, 6) is -0.661. The third kappa shape index (κ3) is 2.31. The number of Topliss-reactive ketones (excluding diaryl/α,β-unsaturated/α-hetero) is 2. The molecule has 0 saturated heterocycles. The van der Waals surface area contributed by atoms with Crippen LogP contribution in [-0.2, 0) is 4.79 Å². The summed E-state index contributed by atoms with van der Waals surface area (Å²) in [6.07, 6.45) is -0.236. The molecule has 2 amide bonds. The zero-order valence-corrected chi connectivity index (χ0v) is 8.84. The molecule has 0 spiro atoms. The topological polar surface area (TPSA) is 102 Å². The Labute approximate surface area is 95.9 Å². The number of nitrogens with zero attached hydrogens (tertiary/aromatic N) is 2. The molecule has 0 atom stereocenters. The van der Waals surface area contributed by atoms with Crippen LogP contribution in [-0.4, -0.2) is 24.1 Å². The summed E-state index contributed by atoms with van der Waals surface area (Å²) >= 11 is 0. The molecule has 2 N–H and O–H groups in total. The third-order valence-corrected chi connectivity index (χ3v) is 2.31. The molecular formula is C11H9N3O3. The van der Waals surface area contributed by atoms with Gasteiger partial charge in [0.1, 0.15) is 0 Å². The summed E-state index contributed by atoms with van der Waals surface area (Å²) in [5, 5.41) is 0.803. The Hall–Kier alpha value is -2.21. The predicted octanol–water partition coefficient (Wildman–Crippen LogP) is -0.840. The van der Waals surface area contributed by atoms with Crippen LogP contribution in [0.3, 0.4) is 0 Å². The molecule has 1 heterocycles. The fourth-order valence-electron chi connectivity index (χ4n) is 1.47. The summed E-state index contributed by atoms with van der Waals surface area (Å²) < 4.78 is 0. The number of ketones is 2. The van der Waals surface area contributed by atoms with E-state index < -0.39 is 6.03 Å². The number of carbonyl (C=O) groups excluding carboxylic acids is 3. The van der Waals surface area contributed by atoms with Gasteiger partial charge in [-0.25, -0.2) is 4.79 Å². The molecule has 6 heteroatoms. The van der Waals surface area contributed by atoms with Crippen LogP contribution in [0, 0.1) is 0 Å². The van der Waals surface area contributed by atoms with Crippen molar-refractivity contribution < 1.29 is 14.4 Å². The van der Waals surface area contributed by atoms with Gasteiger partial charge in [-0.1, -0.05) is 0 Å². The van der Waals surface area contributed by atoms with Gasteiger partial charge in [-0.2, -0.15) is 9.98 Å². The lowest BCUT2D eigenvalue weighted by atomic mass is 10.1. The zero-order valence-electron chi connectivity index (χ0n) is 8.84. The van der Waals surface area contributed by atoms with Crippen molar-refractivity contribution in [3.8, 4) is 0 Å². The minimum absolute atomic E-state index is 0.158.